The van der Waals surface area contributed by atoms with Gasteiger partial charge in [-0.2, -0.15) is 11.8 Å². The Hall–Kier alpha value is -1.20. The van der Waals surface area contributed by atoms with Gasteiger partial charge in [-0.25, -0.2) is 0 Å². The van der Waals surface area contributed by atoms with Crippen LogP contribution in [-0.2, 0) is 9.53 Å². The average molecular weight is 314 g/mol. The van der Waals surface area contributed by atoms with Gasteiger partial charge >= 0.3 is 5.97 Å². The van der Waals surface area contributed by atoms with Crippen LogP contribution in [-0.4, -0.2) is 48.0 Å². The first-order valence-corrected chi connectivity index (χ1v) is 7.86. The molecule has 4 nitrogen and oxygen atoms in total. The molecule has 108 valence electrons. The number of amides is 1. The first kappa shape index (κ1) is 15.2. The highest BCUT2D eigenvalue weighted by molar-refractivity contribution is 7.99. The minimum absolute atomic E-state index is 0.0818. The Kier molecular flexibility index (Phi) is 5.31. The summed E-state index contributed by atoms with van der Waals surface area (Å²) >= 11 is 7.67. The van der Waals surface area contributed by atoms with Crippen molar-refractivity contribution in [1.29, 1.82) is 0 Å². The third-order valence-electron chi connectivity index (χ3n) is 3.19. The Bertz CT molecular complexity index is 509. The topological polar surface area (TPSA) is 46.6 Å². The third kappa shape index (κ3) is 3.67. The van der Waals surface area contributed by atoms with E-state index in [9.17, 15) is 9.59 Å². The van der Waals surface area contributed by atoms with Crippen LogP contribution in [0, 0.1) is 0 Å². The van der Waals surface area contributed by atoms with Gasteiger partial charge in [0.25, 0.3) is 5.91 Å². The summed E-state index contributed by atoms with van der Waals surface area (Å²) < 4.78 is 4.70. The van der Waals surface area contributed by atoms with Gasteiger partial charge in [0.2, 0.25) is 0 Å². The van der Waals surface area contributed by atoms with E-state index in [2.05, 4.69) is 0 Å². The van der Waals surface area contributed by atoms with Crippen LogP contribution in [0.5, 0.6) is 0 Å². The molecule has 1 atom stereocenters. The van der Waals surface area contributed by atoms with E-state index in [-0.39, 0.29) is 24.3 Å². The van der Waals surface area contributed by atoms with Crippen molar-refractivity contribution >= 4 is 35.2 Å². The minimum Gasteiger partial charge on any atom is -0.469 e. The number of hydrogen-bond donors (Lipinski definition) is 0. The van der Waals surface area contributed by atoms with Crippen LogP contribution in [0.25, 0.3) is 0 Å². The lowest BCUT2D eigenvalue weighted by atomic mass is 10.1. The lowest BCUT2D eigenvalue weighted by Gasteiger charge is -2.35. The van der Waals surface area contributed by atoms with Crippen LogP contribution in [0.1, 0.15) is 16.8 Å². The van der Waals surface area contributed by atoms with Gasteiger partial charge in [0.05, 0.1) is 19.6 Å². The van der Waals surface area contributed by atoms with Crippen molar-refractivity contribution in [3.8, 4) is 0 Å². The standard InChI is InChI=1S/C14H16ClNO3S/c1-19-13(17)8-12-9-20-6-5-16(12)14(18)10-3-2-4-11(15)7-10/h2-4,7,12H,5-6,8-9H2,1H3. The zero-order valence-electron chi connectivity index (χ0n) is 11.2. The Labute approximate surface area is 127 Å². The van der Waals surface area contributed by atoms with Crippen LogP contribution in [0.2, 0.25) is 5.02 Å². The van der Waals surface area contributed by atoms with Crippen LogP contribution in [0.15, 0.2) is 24.3 Å². The van der Waals surface area contributed by atoms with Crippen LogP contribution >= 0.6 is 23.4 Å². The number of hydrogen-bond acceptors (Lipinski definition) is 4. The first-order chi connectivity index (χ1) is 9.61. The maximum absolute atomic E-state index is 12.5. The highest BCUT2D eigenvalue weighted by atomic mass is 35.5. The van der Waals surface area contributed by atoms with Crippen molar-refractivity contribution in [3.63, 3.8) is 0 Å². The smallest absolute Gasteiger partial charge is 0.307 e. The van der Waals surface area contributed by atoms with Crippen molar-refractivity contribution in [3.05, 3.63) is 34.9 Å². The summed E-state index contributed by atoms with van der Waals surface area (Å²) in [6.07, 6.45) is 0.232. The van der Waals surface area contributed by atoms with Gasteiger partial charge in [-0.1, -0.05) is 17.7 Å². The predicted molar refractivity (Wildman–Crippen MR) is 80.2 cm³/mol. The summed E-state index contributed by atoms with van der Waals surface area (Å²) in [6.45, 7) is 0.637. The molecule has 1 saturated heterocycles. The molecule has 6 heteroatoms. The van der Waals surface area contributed by atoms with Crippen LogP contribution in [0.3, 0.4) is 0 Å². The van der Waals surface area contributed by atoms with E-state index in [4.69, 9.17) is 16.3 Å². The van der Waals surface area contributed by atoms with E-state index in [1.807, 2.05) is 0 Å². The highest BCUT2D eigenvalue weighted by Crippen LogP contribution is 2.22. The second-order valence-electron chi connectivity index (χ2n) is 4.52. The quantitative estimate of drug-likeness (QED) is 0.804. The number of nitrogens with zero attached hydrogens (tertiary/aromatic N) is 1. The number of carbonyl (C=O) groups is 2. The Morgan fingerprint density at radius 2 is 2.30 bits per heavy atom. The molecule has 1 amide bonds. The van der Waals surface area contributed by atoms with Crippen LogP contribution < -0.4 is 0 Å². The normalized spacial score (nSPS) is 18.7. The fraction of sp³-hybridized carbons (Fsp3) is 0.429. The Morgan fingerprint density at radius 1 is 1.50 bits per heavy atom. The van der Waals surface area contributed by atoms with E-state index in [1.54, 1.807) is 40.9 Å². The second kappa shape index (κ2) is 6.99. The van der Waals surface area contributed by atoms with E-state index < -0.39 is 0 Å². The molecular weight excluding hydrogens is 298 g/mol. The molecule has 1 aliphatic heterocycles. The average Bonchev–Trinajstić information content (AvgIpc) is 2.47. The number of thioether (sulfide) groups is 1. The number of halogens is 1. The largest absolute Gasteiger partial charge is 0.469 e. The number of esters is 1. The van der Waals surface area contributed by atoms with Crippen molar-refractivity contribution in [1.82, 2.24) is 4.90 Å². The summed E-state index contributed by atoms with van der Waals surface area (Å²) in [4.78, 5) is 25.7. The van der Waals surface area contributed by atoms with Crippen LogP contribution in [0.4, 0.5) is 0 Å². The van der Waals surface area contributed by atoms with Gasteiger partial charge in [0, 0.05) is 28.6 Å². The van der Waals surface area contributed by atoms with E-state index in [0.29, 0.717) is 17.1 Å². The number of benzene rings is 1. The number of methoxy groups -OCH3 is 1. The summed E-state index contributed by atoms with van der Waals surface area (Å²) in [7, 11) is 1.36. The summed E-state index contributed by atoms with van der Waals surface area (Å²) in [5, 5.41) is 0.534. The zero-order chi connectivity index (χ0) is 14.5. The second-order valence-corrected chi connectivity index (χ2v) is 6.10. The monoisotopic (exact) mass is 313 g/mol. The molecule has 0 aromatic heterocycles. The molecule has 0 spiro atoms. The van der Waals surface area contributed by atoms with Crippen molar-refractivity contribution in [2.45, 2.75) is 12.5 Å². The third-order valence-corrected chi connectivity index (χ3v) is 4.52. The van der Waals surface area contributed by atoms with E-state index in [1.165, 1.54) is 7.11 Å². The molecule has 1 heterocycles. The maximum atomic E-state index is 12.5. The molecule has 1 aromatic rings. The van der Waals surface area contributed by atoms with Gasteiger partial charge in [-0.3, -0.25) is 9.59 Å². The lowest BCUT2D eigenvalue weighted by molar-refractivity contribution is -0.141. The predicted octanol–water partition coefficient (Wildman–Crippen LogP) is 2.46. The summed E-state index contributed by atoms with van der Waals surface area (Å²) in [5.74, 6) is 1.26. The zero-order valence-corrected chi connectivity index (χ0v) is 12.7. The highest BCUT2D eigenvalue weighted by Gasteiger charge is 2.29. The number of carbonyl (C=O) groups excluding carboxylic acids is 2. The molecule has 1 fully saturated rings. The first-order valence-electron chi connectivity index (χ1n) is 6.33. The summed E-state index contributed by atoms with van der Waals surface area (Å²) in [5.41, 5.74) is 0.555. The van der Waals surface area contributed by atoms with E-state index >= 15 is 0 Å². The SMILES string of the molecule is COC(=O)CC1CSCCN1C(=O)c1cccc(Cl)c1. The fourth-order valence-corrected chi connectivity index (χ4v) is 3.41. The van der Waals surface area contributed by atoms with Crippen molar-refractivity contribution in [2.75, 3.05) is 25.2 Å². The fourth-order valence-electron chi connectivity index (χ4n) is 2.15. The number of ether oxygens (including phenoxy) is 1. The van der Waals surface area contributed by atoms with Gasteiger partial charge < -0.3 is 9.64 Å². The number of rotatable bonds is 3. The molecule has 0 bridgehead atoms. The van der Waals surface area contributed by atoms with Gasteiger partial charge in [-0.05, 0) is 18.2 Å². The van der Waals surface area contributed by atoms with E-state index in [0.717, 1.165) is 11.5 Å². The van der Waals surface area contributed by atoms with Gasteiger partial charge in [0.1, 0.15) is 0 Å². The molecule has 0 radical (unpaired) electrons. The molecular formula is C14H16ClNO3S. The Morgan fingerprint density at radius 3 is 3.00 bits per heavy atom. The molecule has 1 aliphatic rings. The molecule has 0 saturated carbocycles. The molecule has 0 aliphatic carbocycles. The lowest BCUT2D eigenvalue weighted by Crippen LogP contribution is -2.47. The van der Waals surface area contributed by atoms with Crippen molar-refractivity contribution in [2.24, 2.45) is 0 Å². The molecule has 1 unspecified atom stereocenters. The Balaban J connectivity index is 2.15. The maximum Gasteiger partial charge on any atom is 0.307 e. The summed E-state index contributed by atoms with van der Waals surface area (Å²) in [6, 6.07) is 6.76. The van der Waals surface area contributed by atoms with Gasteiger partial charge in [-0.15, -0.1) is 0 Å². The molecule has 20 heavy (non-hydrogen) atoms. The molecule has 2 rings (SSSR count). The molecule has 0 N–H and O–H groups in total. The van der Waals surface area contributed by atoms with Crippen molar-refractivity contribution < 1.29 is 14.3 Å². The van der Waals surface area contributed by atoms with Gasteiger partial charge in [0.15, 0.2) is 0 Å². The molecule has 1 aromatic carbocycles. The minimum atomic E-state index is -0.290.